The van der Waals surface area contributed by atoms with Crippen LogP contribution in [0.25, 0.3) is 0 Å². The van der Waals surface area contributed by atoms with Gasteiger partial charge in [0.2, 0.25) is 11.8 Å². The Balaban J connectivity index is 2.06. The number of nitro benzene ring substituents is 1. The van der Waals surface area contributed by atoms with Crippen LogP contribution in [0.15, 0.2) is 24.3 Å². The van der Waals surface area contributed by atoms with Crippen molar-refractivity contribution in [1.29, 1.82) is 0 Å². The van der Waals surface area contributed by atoms with E-state index in [9.17, 15) is 29.6 Å². The number of nitrogens with one attached hydrogen (secondary N) is 1. The first-order valence-corrected chi connectivity index (χ1v) is 7.25. The molecule has 1 aromatic rings. The van der Waals surface area contributed by atoms with Gasteiger partial charge < -0.3 is 5.11 Å². The first kappa shape index (κ1) is 16.1. The SMILES string of the molecule is CN1C(=O)[C@H]2[C@@H](C1=O)[C@@](C)(C(=O)O)N[C@H]2c1ccc([N+](=O)[O-])cc1. The molecule has 4 atom stereocenters. The second kappa shape index (κ2) is 5.10. The van der Waals surface area contributed by atoms with E-state index < -0.39 is 46.1 Å². The monoisotopic (exact) mass is 333 g/mol. The summed E-state index contributed by atoms with van der Waals surface area (Å²) in [6.45, 7) is 1.38. The van der Waals surface area contributed by atoms with Crippen molar-refractivity contribution in [2.24, 2.45) is 11.8 Å². The molecule has 0 unspecified atom stereocenters. The summed E-state index contributed by atoms with van der Waals surface area (Å²) in [4.78, 5) is 47.7. The molecule has 2 saturated heterocycles. The number of amides is 2. The average molecular weight is 333 g/mol. The maximum atomic E-state index is 12.4. The molecule has 0 aromatic heterocycles. The summed E-state index contributed by atoms with van der Waals surface area (Å²) in [5, 5.41) is 23.2. The molecular weight excluding hydrogens is 318 g/mol. The Hall–Kier alpha value is -2.81. The van der Waals surface area contributed by atoms with Crippen LogP contribution in [0.5, 0.6) is 0 Å². The fourth-order valence-electron chi connectivity index (χ4n) is 3.57. The standard InChI is InChI=1S/C15H15N3O6/c1-15(14(21)22)10-9(12(19)17(2)13(10)20)11(16-15)7-3-5-8(6-4-7)18(23)24/h3-6,9-11,16H,1-2H3,(H,21,22)/t9-,10-,11-,15-/m0/s1. The summed E-state index contributed by atoms with van der Waals surface area (Å²) in [7, 11) is 1.33. The van der Waals surface area contributed by atoms with Gasteiger partial charge in [-0.25, -0.2) is 0 Å². The summed E-state index contributed by atoms with van der Waals surface area (Å²) in [5.74, 6) is -4.09. The molecule has 24 heavy (non-hydrogen) atoms. The first-order chi connectivity index (χ1) is 11.2. The molecule has 0 bridgehead atoms. The molecule has 1 aromatic carbocycles. The molecule has 3 rings (SSSR count). The molecule has 2 aliphatic rings. The van der Waals surface area contributed by atoms with Gasteiger partial charge in [-0.2, -0.15) is 0 Å². The number of fused-ring (bicyclic) bond motifs is 1. The normalized spacial score (nSPS) is 32.1. The van der Waals surface area contributed by atoms with Crippen LogP contribution < -0.4 is 5.32 Å². The van der Waals surface area contributed by atoms with Crippen LogP contribution in [-0.2, 0) is 14.4 Å². The molecule has 2 amide bonds. The van der Waals surface area contributed by atoms with Gasteiger partial charge >= 0.3 is 5.97 Å². The van der Waals surface area contributed by atoms with Gasteiger partial charge in [0.15, 0.2) is 0 Å². The smallest absolute Gasteiger partial charge is 0.324 e. The largest absolute Gasteiger partial charge is 0.480 e. The second-order valence-corrected chi connectivity index (χ2v) is 6.22. The third-order valence-corrected chi connectivity index (χ3v) is 4.92. The van der Waals surface area contributed by atoms with E-state index in [1.54, 1.807) is 0 Å². The molecule has 126 valence electrons. The van der Waals surface area contributed by atoms with Gasteiger partial charge in [0.05, 0.1) is 16.8 Å². The Kier molecular flexibility index (Phi) is 3.41. The lowest BCUT2D eigenvalue weighted by Crippen LogP contribution is -2.53. The predicted octanol–water partition coefficient (Wildman–Crippen LogP) is 0.313. The van der Waals surface area contributed by atoms with Gasteiger partial charge in [0.1, 0.15) is 5.54 Å². The summed E-state index contributed by atoms with van der Waals surface area (Å²) in [5.41, 5.74) is -1.17. The highest BCUT2D eigenvalue weighted by Crippen LogP contribution is 2.48. The number of hydrogen-bond acceptors (Lipinski definition) is 6. The lowest BCUT2D eigenvalue weighted by molar-refractivity contribution is -0.384. The van der Waals surface area contributed by atoms with Gasteiger partial charge in [-0.05, 0) is 12.5 Å². The van der Waals surface area contributed by atoms with Crippen molar-refractivity contribution in [2.75, 3.05) is 7.05 Å². The Labute approximate surface area is 136 Å². The van der Waals surface area contributed by atoms with E-state index in [0.29, 0.717) is 5.56 Å². The zero-order valence-corrected chi connectivity index (χ0v) is 12.9. The maximum Gasteiger partial charge on any atom is 0.324 e. The number of hydrogen-bond donors (Lipinski definition) is 2. The number of nitrogens with zero attached hydrogens (tertiary/aromatic N) is 2. The quantitative estimate of drug-likeness (QED) is 0.462. The van der Waals surface area contributed by atoms with E-state index in [2.05, 4.69) is 5.32 Å². The molecule has 9 nitrogen and oxygen atoms in total. The zero-order valence-electron chi connectivity index (χ0n) is 12.9. The van der Waals surface area contributed by atoms with Gasteiger partial charge in [-0.3, -0.25) is 34.7 Å². The Morgan fingerprint density at radius 1 is 1.29 bits per heavy atom. The van der Waals surface area contributed by atoms with Crippen LogP contribution >= 0.6 is 0 Å². The number of aliphatic carboxylic acids is 1. The maximum absolute atomic E-state index is 12.4. The van der Waals surface area contributed by atoms with E-state index in [-0.39, 0.29) is 5.69 Å². The zero-order chi connectivity index (χ0) is 17.8. The van der Waals surface area contributed by atoms with Crippen LogP contribution in [0.4, 0.5) is 5.69 Å². The fraction of sp³-hybridized carbons (Fsp3) is 0.400. The van der Waals surface area contributed by atoms with Crippen molar-refractivity contribution in [2.45, 2.75) is 18.5 Å². The highest BCUT2D eigenvalue weighted by atomic mass is 16.6. The van der Waals surface area contributed by atoms with E-state index in [4.69, 9.17) is 0 Å². The molecular formula is C15H15N3O6. The van der Waals surface area contributed by atoms with Crippen LogP contribution in [0.2, 0.25) is 0 Å². The van der Waals surface area contributed by atoms with Crippen molar-refractivity contribution >= 4 is 23.5 Å². The number of carbonyl (C=O) groups is 3. The van der Waals surface area contributed by atoms with Crippen LogP contribution in [0.1, 0.15) is 18.5 Å². The number of non-ortho nitro benzene ring substituents is 1. The van der Waals surface area contributed by atoms with Crippen molar-refractivity contribution < 1.29 is 24.4 Å². The van der Waals surface area contributed by atoms with Crippen molar-refractivity contribution in [3.05, 3.63) is 39.9 Å². The molecule has 2 N–H and O–H groups in total. The molecule has 0 spiro atoms. The number of carboxylic acid groups (broad SMARTS) is 1. The summed E-state index contributed by atoms with van der Waals surface area (Å²) in [6, 6.07) is 4.80. The number of rotatable bonds is 3. The minimum Gasteiger partial charge on any atom is -0.480 e. The summed E-state index contributed by atoms with van der Waals surface area (Å²) < 4.78 is 0. The molecule has 2 fully saturated rings. The number of carboxylic acids is 1. The Bertz CT molecular complexity index is 761. The number of benzene rings is 1. The highest BCUT2D eigenvalue weighted by molar-refractivity contribution is 6.09. The van der Waals surface area contributed by atoms with E-state index >= 15 is 0 Å². The third kappa shape index (κ3) is 2.01. The predicted molar refractivity (Wildman–Crippen MR) is 79.8 cm³/mol. The van der Waals surface area contributed by atoms with Gasteiger partial charge in [-0.15, -0.1) is 0 Å². The summed E-state index contributed by atoms with van der Waals surface area (Å²) in [6.07, 6.45) is 0. The van der Waals surface area contributed by atoms with Crippen LogP contribution in [0, 0.1) is 22.0 Å². The molecule has 0 aliphatic carbocycles. The minimum absolute atomic E-state index is 0.111. The van der Waals surface area contributed by atoms with Crippen LogP contribution in [-0.4, -0.2) is 45.3 Å². The third-order valence-electron chi connectivity index (χ3n) is 4.92. The highest BCUT2D eigenvalue weighted by Gasteiger charge is 2.65. The van der Waals surface area contributed by atoms with Crippen molar-refractivity contribution in [1.82, 2.24) is 10.2 Å². The Morgan fingerprint density at radius 2 is 1.88 bits per heavy atom. The van der Waals surface area contributed by atoms with Crippen molar-refractivity contribution in [3.8, 4) is 0 Å². The molecule has 0 radical (unpaired) electrons. The lowest BCUT2D eigenvalue weighted by Gasteiger charge is -2.26. The number of imide groups is 1. The molecule has 9 heteroatoms. The number of carbonyl (C=O) groups excluding carboxylic acids is 2. The van der Waals surface area contributed by atoms with Crippen LogP contribution in [0.3, 0.4) is 0 Å². The number of likely N-dealkylation sites (tertiary alicyclic amines) is 1. The first-order valence-electron chi connectivity index (χ1n) is 7.25. The Morgan fingerprint density at radius 3 is 2.38 bits per heavy atom. The average Bonchev–Trinajstić information content (AvgIpc) is 2.98. The van der Waals surface area contributed by atoms with Crippen molar-refractivity contribution in [3.63, 3.8) is 0 Å². The van der Waals surface area contributed by atoms with Gasteiger partial charge in [0.25, 0.3) is 5.69 Å². The molecule has 0 saturated carbocycles. The van der Waals surface area contributed by atoms with Gasteiger partial charge in [-0.1, -0.05) is 12.1 Å². The topological polar surface area (TPSA) is 130 Å². The van der Waals surface area contributed by atoms with Gasteiger partial charge in [0, 0.05) is 25.2 Å². The molecule has 2 heterocycles. The lowest BCUT2D eigenvalue weighted by atomic mass is 9.80. The van der Waals surface area contributed by atoms with E-state index in [1.807, 2.05) is 0 Å². The minimum atomic E-state index is -1.59. The summed E-state index contributed by atoms with van der Waals surface area (Å²) >= 11 is 0. The number of nitro groups is 1. The van der Waals surface area contributed by atoms with E-state index in [1.165, 1.54) is 38.2 Å². The second-order valence-electron chi connectivity index (χ2n) is 6.22. The van der Waals surface area contributed by atoms with E-state index in [0.717, 1.165) is 4.90 Å². The fourth-order valence-corrected chi connectivity index (χ4v) is 3.57. The molecule has 2 aliphatic heterocycles.